The van der Waals surface area contributed by atoms with Crippen LogP contribution in [0.15, 0.2) is 47.6 Å². The van der Waals surface area contributed by atoms with Crippen molar-refractivity contribution < 1.29 is 19.2 Å². The van der Waals surface area contributed by atoms with E-state index >= 15 is 0 Å². The van der Waals surface area contributed by atoms with Crippen molar-refractivity contribution in [3.63, 3.8) is 0 Å². The number of hydrazone groups is 1. The first-order valence-corrected chi connectivity index (χ1v) is 11.1. The Morgan fingerprint density at radius 1 is 1.21 bits per heavy atom. The normalized spacial score (nSPS) is 14.8. The molecule has 3 rings (SSSR count). The summed E-state index contributed by atoms with van der Waals surface area (Å²) < 4.78 is 5.31. The zero-order chi connectivity index (χ0) is 24.7. The fourth-order valence-corrected chi connectivity index (χ4v) is 3.70. The van der Waals surface area contributed by atoms with Crippen molar-refractivity contribution >= 4 is 41.0 Å². The number of hydrogen-bond acceptors (Lipinski definition) is 7. The van der Waals surface area contributed by atoms with Crippen LogP contribution in [0.5, 0.6) is 0 Å². The van der Waals surface area contributed by atoms with Crippen LogP contribution in [0, 0.1) is 16.0 Å². The van der Waals surface area contributed by atoms with E-state index in [0.29, 0.717) is 37.6 Å². The number of nitro benzene ring substituents is 1. The van der Waals surface area contributed by atoms with Crippen molar-refractivity contribution in [3.05, 3.63) is 68.7 Å². The summed E-state index contributed by atoms with van der Waals surface area (Å²) in [7, 11) is 0. The molecule has 0 aliphatic carbocycles. The number of nitrogens with zero attached hydrogens (tertiary/aromatic N) is 3. The van der Waals surface area contributed by atoms with Crippen molar-refractivity contribution in [3.8, 4) is 0 Å². The third kappa shape index (κ3) is 6.30. The average molecular weight is 488 g/mol. The Kier molecular flexibility index (Phi) is 8.55. The summed E-state index contributed by atoms with van der Waals surface area (Å²) in [4.78, 5) is 38.3. The van der Waals surface area contributed by atoms with E-state index in [1.54, 1.807) is 50.2 Å². The van der Waals surface area contributed by atoms with Crippen LogP contribution in [0.25, 0.3) is 0 Å². The van der Waals surface area contributed by atoms with E-state index in [9.17, 15) is 19.7 Å². The van der Waals surface area contributed by atoms with Gasteiger partial charge in [0.05, 0.1) is 34.9 Å². The van der Waals surface area contributed by atoms with Gasteiger partial charge in [-0.1, -0.05) is 43.6 Å². The van der Waals surface area contributed by atoms with Gasteiger partial charge in [-0.2, -0.15) is 5.10 Å². The van der Waals surface area contributed by atoms with Gasteiger partial charge < -0.3 is 15.0 Å². The average Bonchev–Trinajstić information content (AvgIpc) is 2.82. The Morgan fingerprint density at radius 2 is 1.91 bits per heavy atom. The number of carbonyl (C=O) groups excluding carboxylic acids is 2. The third-order valence-corrected chi connectivity index (χ3v) is 5.62. The molecule has 0 saturated carbocycles. The molecule has 1 fully saturated rings. The van der Waals surface area contributed by atoms with Gasteiger partial charge in [-0.05, 0) is 24.1 Å². The molecule has 1 aliphatic heterocycles. The number of anilines is 1. The van der Waals surface area contributed by atoms with Gasteiger partial charge in [0.25, 0.3) is 17.5 Å². The summed E-state index contributed by atoms with van der Waals surface area (Å²) in [5, 5.41) is 18.5. The topological polar surface area (TPSA) is 126 Å². The molecular weight excluding hydrogens is 462 g/mol. The smallest absolute Gasteiger partial charge is 0.293 e. The summed E-state index contributed by atoms with van der Waals surface area (Å²) in [5.74, 6) is -1.22. The van der Waals surface area contributed by atoms with E-state index in [0.717, 1.165) is 0 Å². The van der Waals surface area contributed by atoms with Crippen molar-refractivity contribution in [2.24, 2.45) is 11.0 Å². The van der Waals surface area contributed by atoms with Crippen LogP contribution < -0.4 is 15.6 Å². The van der Waals surface area contributed by atoms with Crippen molar-refractivity contribution in [2.75, 3.05) is 31.2 Å². The summed E-state index contributed by atoms with van der Waals surface area (Å²) in [5.41, 5.74) is 3.57. The number of benzene rings is 2. The Labute approximate surface area is 202 Å². The molecule has 11 heteroatoms. The number of ether oxygens (including phenoxy) is 1. The van der Waals surface area contributed by atoms with E-state index < -0.39 is 22.8 Å². The number of hydrogen-bond donors (Lipinski definition) is 2. The zero-order valence-electron chi connectivity index (χ0n) is 18.9. The maximum absolute atomic E-state index is 12.7. The molecule has 2 N–H and O–H groups in total. The molecule has 10 nitrogen and oxygen atoms in total. The van der Waals surface area contributed by atoms with Gasteiger partial charge in [0.1, 0.15) is 11.7 Å². The molecule has 0 bridgehead atoms. The van der Waals surface area contributed by atoms with Gasteiger partial charge in [0, 0.05) is 24.7 Å². The van der Waals surface area contributed by atoms with Crippen LogP contribution in [0.1, 0.15) is 29.8 Å². The van der Waals surface area contributed by atoms with Crippen LogP contribution in [0.2, 0.25) is 5.02 Å². The van der Waals surface area contributed by atoms with Crippen LogP contribution >= 0.6 is 11.6 Å². The van der Waals surface area contributed by atoms with Crippen LogP contribution in [0.4, 0.5) is 11.4 Å². The van der Waals surface area contributed by atoms with Crippen molar-refractivity contribution in [1.82, 2.24) is 10.7 Å². The molecule has 0 radical (unpaired) electrons. The molecule has 34 heavy (non-hydrogen) atoms. The fourth-order valence-electron chi connectivity index (χ4n) is 3.48. The standard InChI is InChI=1S/C23H26ClN5O5/c1-15(2)21(26-22(30)17-5-3-4-6-18(17)24)23(31)27-25-14-16-7-8-19(20(13-16)29(32)33)28-9-11-34-12-10-28/h3-8,13-15,21H,9-12H2,1-2H3,(H,26,30)(H,27,31)/b25-14-. The Hall–Kier alpha value is -3.50. The predicted molar refractivity (Wildman–Crippen MR) is 129 cm³/mol. The Morgan fingerprint density at radius 3 is 2.56 bits per heavy atom. The minimum absolute atomic E-state index is 0.0516. The molecule has 1 aliphatic rings. The lowest BCUT2D eigenvalue weighted by molar-refractivity contribution is -0.384. The second-order valence-electron chi connectivity index (χ2n) is 8.01. The number of morpholine rings is 1. The highest BCUT2D eigenvalue weighted by atomic mass is 35.5. The van der Waals surface area contributed by atoms with Gasteiger partial charge in [-0.15, -0.1) is 0 Å². The van der Waals surface area contributed by atoms with Gasteiger partial charge in [0.15, 0.2) is 0 Å². The maximum atomic E-state index is 12.7. The molecule has 2 amide bonds. The van der Waals surface area contributed by atoms with E-state index in [2.05, 4.69) is 15.8 Å². The van der Waals surface area contributed by atoms with Crippen LogP contribution in [-0.2, 0) is 9.53 Å². The highest BCUT2D eigenvalue weighted by Crippen LogP contribution is 2.29. The lowest BCUT2D eigenvalue weighted by Gasteiger charge is -2.28. The first kappa shape index (κ1) is 25.1. The minimum Gasteiger partial charge on any atom is -0.378 e. The maximum Gasteiger partial charge on any atom is 0.293 e. The highest BCUT2D eigenvalue weighted by Gasteiger charge is 2.25. The SMILES string of the molecule is CC(C)C(NC(=O)c1ccccc1Cl)C(=O)N/N=C\c1ccc(N2CCOCC2)c([N+](=O)[O-])c1. The molecule has 1 heterocycles. The van der Waals surface area contributed by atoms with E-state index in [4.69, 9.17) is 16.3 Å². The summed E-state index contributed by atoms with van der Waals surface area (Å²) in [6.45, 7) is 5.73. The fraction of sp³-hybridized carbons (Fsp3) is 0.348. The molecule has 2 aromatic rings. The molecule has 1 atom stereocenters. The molecule has 1 saturated heterocycles. The van der Waals surface area contributed by atoms with Crippen LogP contribution in [-0.4, -0.2) is 55.3 Å². The quantitative estimate of drug-likeness (QED) is 0.335. The summed E-state index contributed by atoms with van der Waals surface area (Å²) in [6.07, 6.45) is 1.32. The van der Waals surface area contributed by atoms with E-state index in [-0.39, 0.29) is 22.2 Å². The monoisotopic (exact) mass is 487 g/mol. The lowest BCUT2D eigenvalue weighted by atomic mass is 10.0. The Bertz CT molecular complexity index is 1090. The number of amides is 2. The second kappa shape index (κ2) is 11.6. The summed E-state index contributed by atoms with van der Waals surface area (Å²) in [6, 6.07) is 10.4. The minimum atomic E-state index is -0.862. The number of carbonyl (C=O) groups is 2. The first-order valence-electron chi connectivity index (χ1n) is 10.8. The van der Waals surface area contributed by atoms with Gasteiger partial charge in [-0.25, -0.2) is 5.43 Å². The Balaban J connectivity index is 1.68. The van der Waals surface area contributed by atoms with Crippen molar-refractivity contribution in [1.29, 1.82) is 0 Å². The number of halogens is 1. The third-order valence-electron chi connectivity index (χ3n) is 5.29. The van der Waals surface area contributed by atoms with E-state index in [1.165, 1.54) is 12.3 Å². The zero-order valence-corrected chi connectivity index (χ0v) is 19.6. The van der Waals surface area contributed by atoms with Gasteiger partial charge in [-0.3, -0.25) is 19.7 Å². The second-order valence-corrected chi connectivity index (χ2v) is 8.42. The summed E-state index contributed by atoms with van der Waals surface area (Å²) >= 11 is 6.07. The largest absolute Gasteiger partial charge is 0.378 e. The molecular formula is C23H26ClN5O5. The number of rotatable bonds is 8. The number of nitro groups is 1. The highest BCUT2D eigenvalue weighted by molar-refractivity contribution is 6.33. The predicted octanol–water partition coefficient (Wildman–Crippen LogP) is 2.99. The van der Waals surface area contributed by atoms with Crippen molar-refractivity contribution in [2.45, 2.75) is 19.9 Å². The molecule has 0 spiro atoms. The number of nitrogens with one attached hydrogen (secondary N) is 2. The van der Waals surface area contributed by atoms with Gasteiger partial charge >= 0.3 is 0 Å². The molecule has 180 valence electrons. The molecule has 2 aromatic carbocycles. The first-order chi connectivity index (χ1) is 16.3. The molecule has 1 unspecified atom stereocenters. The van der Waals surface area contributed by atoms with E-state index in [1.807, 2.05) is 4.90 Å². The van der Waals surface area contributed by atoms with Crippen LogP contribution in [0.3, 0.4) is 0 Å². The lowest BCUT2D eigenvalue weighted by Crippen LogP contribution is -2.48. The van der Waals surface area contributed by atoms with Gasteiger partial charge in [0.2, 0.25) is 0 Å². The molecule has 0 aromatic heterocycles.